The van der Waals surface area contributed by atoms with Gasteiger partial charge in [-0.05, 0) is 54.8 Å². The van der Waals surface area contributed by atoms with Gasteiger partial charge in [-0.2, -0.15) is 0 Å². The lowest BCUT2D eigenvalue weighted by Gasteiger charge is -2.19. The minimum atomic E-state index is 0.0999. The van der Waals surface area contributed by atoms with E-state index in [1.165, 1.54) is 0 Å². The number of aromatic nitrogens is 3. The average Bonchev–Trinajstić information content (AvgIpc) is 3.54. The van der Waals surface area contributed by atoms with E-state index in [2.05, 4.69) is 49.9 Å². The Labute approximate surface area is 191 Å². The number of H-pyrrole nitrogens is 1. The lowest BCUT2D eigenvalue weighted by Crippen LogP contribution is -2.20. The number of fused-ring (bicyclic) bond motifs is 2. The zero-order valence-electron chi connectivity index (χ0n) is 18.1. The van der Waals surface area contributed by atoms with Crippen LogP contribution >= 0.6 is 0 Å². The van der Waals surface area contributed by atoms with Crippen LogP contribution in [0.15, 0.2) is 66.0 Å². The standard InChI is InChI=1S/C26H24N6O/c33-26(16-4-1-2-5-16)31-20-10-19(13-27-14-20)17-7-8-22-21(11-17)24(30-15-29-22)23-12-18-6-3-9-28-25(18)32-23/h3,6-14,16,29H,1-2,4-5,15H2,(H,28,32)(H,31,33). The van der Waals surface area contributed by atoms with Crippen LogP contribution in [0.1, 0.15) is 36.9 Å². The fraction of sp³-hybridized carbons (Fsp3) is 0.231. The first-order chi connectivity index (χ1) is 16.2. The van der Waals surface area contributed by atoms with Gasteiger partial charge in [-0.15, -0.1) is 0 Å². The SMILES string of the molecule is O=C(Nc1cncc(-c2ccc3c(c2)C(c2cc4cccnc4[nH]2)=NCN3)c1)C1CCCC1. The van der Waals surface area contributed by atoms with E-state index < -0.39 is 0 Å². The van der Waals surface area contributed by atoms with Gasteiger partial charge in [-0.3, -0.25) is 14.8 Å². The number of anilines is 2. The van der Waals surface area contributed by atoms with Crippen molar-refractivity contribution in [2.45, 2.75) is 25.7 Å². The summed E-state index contributed by atoms with van der Waals surface area (Å²) in [6.07, 6.45) is 9.54. The second-order valence-corrected chi connectivity index (χ2v) is 8.66. The topological polar surface area (TPSA) is 95.1 Å². The third kappa shape index (κ3) is 3.75. The van der Waals surface area contributed by atoms with Crippen LogP contribution in [0.25, 0.3) is 22.2 Å². The molecule has 0 bridgehead atoms. The number of aliphatic imine (C=N–C) groups is 1. The van der Waals surface area contributed by atoms with Crippen LogP contribution in [0.3, 0.4) is 0 Å². The first kappa shape index (κ1) is 19.7. The molecule has 0 atom stereocenters. The molecule has 3 aromatic heterocycles. The summed E-state index contributed by atoms with van der Waals surface area (Å²) in [6, 6.07) is 14.3. The third-order valence-electron chi connectivity index (χ3n) is 6.49. The minimum absolute atomic E-state index is 0.0999. The largest absolute Gasteiger partial charge is 0.366 e. The molecule has 3 N–H and O–H groups in total. The minimum Gasteiger partial charge on any atom is -0.366 e. The highest BCUT2D eigenvalue weighted by molar-refractivity contribution is 6.17. The third-order valence-corrected chi connectivity index (χ3v) is 6.49. The van der Waals surface area contributed by atoms with E-state index in [9.17, 15) is 4.79 Å². The Bertz CT molecular complexity index is 1350. The van der Waals surface area contributed by atoms with Crippen LogP contribution in [0.5, 0.6) is 0 Å². The molecule has 7 nitrogen and oxygen atoms in total. The van der Waals surface area contributed by atoms with Crippen molar-refractivity contribution in [3.63, 3.8) is 0 Å². The van der Waals surface area contributed by atoms with E-state index in [1.807, 2.05) is 24.4 Å². The maximum absolute atomic E-state index is 12.6. The second-order valence-electron chi connectivity index (χ2n) is 8.66. The molecule has 1 fully saturated rings. The van der Waals surface area contributed by atoms with Gasteiger partial charge in [0.05, 0.1) is 23.3 Å². The quantitative estimate of drug-likeness (QED) is 0.421. The van der Waals surface area contributed by atoms with Crippen LogP contribution in [-0.4, -0.2) is 33.2 Å². The van der Waals surface area contributed by atoms with E-state index in [4.69, 9.17) is 4.99 Å². The summed E-state index contributed by atoms with van der Waals surface area (Å²) in [5.41, 5.74) is 7.45. The molecule has 7 heteroatoms. The van der Waals surface area contributed by atoms with Crippen molar-refractivity contribution in [3.8, 4) is 11.1 Å². The second kappa shape index (κ2) is 8.16. The monoisotopic (exact) mass is 436 g/mol. The molecule has 0 spiro atoms. The van der Waals surface area contributed by atoms with Gasteiger partial charge in [0.2, 0.25) is 5.91 Å². The van der Waals surface area contributed by atoms with Gasteiger partial charge >= 0.3 is 0 Å². The Morgan fingerprint density at radius 3 is 2.82 bits per heavy atom. The Morgan fingerprint density at radius 2 is 1.94 bits per heavy atom. The van der Waals surface area contributed by atoms with Crippen molar-refractivity contribution in [2.75, 3.05) is 17.3 Å². The van der Waals surface area contributed by atoms with Crippen molar-refractivity contribution in [3.05, 3.63) is 72.3 Å². The number of nitrogens with zero attached hydrogens (tertiary/aromatic N) is 3. The number of hydrogen-bond donors (Lipinski definition) is 3. The van der Waals surface area contributed by atoms with E-state index in [1.54, 1.807) is 12.4 Å². The molecule has 0 saturated heterocycles. The number of nitrogens with one attached hydrogen (secondary N) is 3. The van der Waals surface area contributed by atoms with E-state index >= 15 is 0 Å². The highest BCUT2D eigenvalue weighted by atomic mass is 16.1. The van der Waals surface area contributed by atoms with Gasteiger partial charge in [0.1, 0.15) is 12.3 Å². The maximum Gasteiger partial charge on any atom is 0.227 e. The summed E-state index contributed by atoms with van der Waals surface area (Å²) in [6.45, 7) is 0.523. The maximum atomic E-state index is 12.6. The molecule has 1 aliphatic carbocycles. The number of hydrogen-bond acceptors (Lipinski definition) is 5. The molecule has 33 heavy (non-hydrogen) atoms. The molecule has 0 radical (unpaired) electrons. The van der Waals surface area contributed by atoms with Gasteiger partial charge in [0, 0.05) is 40.5 Å². The molecule has 4 heterocycles. The molecule has 1 aromatic carbocycles. The van der Waals surface area contributed by atoms with E-state index in [-0.39, 0.29) is 11.8 Å². The van der Waals surface area contributed by atoms with Crippen molar-refractivity contribution in [1.29, 1.82) is 0 Å². The van der Waals surface area contributed by atoms with Gasteiger partial charge in [-0.25, -0.2) is 4.98 Å². The van der Waals surface area contributed by atoms with Gasteiger partial charge < -0.3 is 15.6 Å². The van der Waals surface area contributed by atoms with Crippen LogP contribution in [-0.2, 0) is 4.79 Å². The number of carbonyl (C=O) groups excluding carboxylic acids is 1. The molecule has 164 valence electrons. The first-order valence-electron chi connectivity index (χ1n) is 11.4. The number of carbonyl (C=O) groups is 1. The number of amides is 1. The number of pyridine rings is 2. The average molecular weight is 437 g/mol. The Morgan fingerprint density at radius 1 is 1.03 bits per heavy atom. The summed E-state index contributed by atoms with van der Waals surface area (Å²) < 4.78 is 0. The van der Waals surface area contributed by atoms with E-state index in [0.29, 0.717) is 6.67 Å². The highest BCUT2D eigenvalue weighted by Crippen LogP contribution is 2.31. The Balaban J connectivity index is 1.32. The molecule has 2 aliphatic rings. The predicted molar refractivity (Wildman–Crippen MR) is 130 cm³/mol. The van der Waals surface area contributed by atoms with Gasteiger partial charge in [0.15, 0.2) is 0 Å². The van der Waals surface area contributed by atoms with Crippen LogP contribution < -0.4 is 10.6 Å². The predicted octanol–water partition coefficient (Wildman–Crippen LogP) is 4.97. The summed E-state index contributed by atoms with van der Waals surface area (Å²) >= 11 is 0. The molecule has 1 saturated carbocycles. The zero-order chi connectivity index (χ0) is 22.2. The van der Waals surface area contributed by atoms with E-state index in [0.717, 1.165) is 76.2 Å². The van der Waals surface area contributed by atoms with Gasteiger partial charge in [-0.1, -0.05) is 18.9 Å². The summed E-state index contributed by atoms with van der Waals surface area (Å²) in [5.74, 6) is 0.218. The van der Waals surface area contributed by atoms with Gasteiger partial charge in [0.25, 0.3) is 0 Å². The number of benzene rings is 1. The summed E-state index contributed by atoms with van der Waals surface area (Å²) in [5, 5.41) is 7.47. The Hall–Kier alpha value is -4.00. The number of aromatic amines is 1. The molecular formula is C26H24N6O. The highest BCUT2D eigenvalue weighted by Gasteiger charge is 2.23. The molecule has 4 aromatic rings. The molecular weight excluding hydrogens is 412 g/mol. The van der Waals surface area contributed by atoms with Crippen LogP contribution in [0, 0.1) is 5.92 Å². The zero-order valence-corrected chi connectivity index (χ0v) is 18.1. The molecule has 1 amide bonds. The fourth-order valence-corrected chi connectivity index (χ4v) is 4.78. The summed E-state index contributed by atoms with van der Waals surface area (Å²) in [4.78, 5) is 29.5. The van der Waals surface area contributed by atoms with Crippen molar-refractivity contribution in [2.24, 2.45) is 10.9 Å². The first-order valence-corrected chi connectivity index (χ1v) is 11.4. The van der Waals surface area contributed by atoms with Crippen molar-refractivity contribution in [1.82, 2.24) is 15.0 Å². The summed E-state index contributed by atoms with van der Waals surface area (Å²) in [7, 11) is 0. The molecule has 1 aliphatic heterocycles. The lowest BCUT2D eigenvalue weighted by molar-refractivity contribution is -0.119. The smallest absolute Gasteiger partial charge is 0.227 e. The normalized spacial score (nSPS) is 15.7. The fourth-order valence-electron chi connectivity index (χ4n) is 4.78. The molecule has 0 unspecified atom stereocenters. The Kier molecular flexibility index (Phi) is 4.87. The van der Waals surface area contributed by atoms with Crippen LogP contribution in [0.4, 0.5) is 11.4 Å². The van der Waals surface area contributed by atoms with Crippen molar-refractivity contribution >= 4 is 34.0 Å². The number of rotatable bonds is 4. The van der Waals surface area contributed by atoms with Crippen LogP contribution in [0.2, 0.25) is 0 Å². The molecule has 6 rings (SSSR count). The van der Waals surface area contributed by atoms with Crippen molar-refractivity contribution < 1.29 is 4.79 Å². The lowest BCUT2D eigenvalue weighted by atomic mass is 9.97.